The van der Waals surface area contributed by atoms with Gasteiger partial charge in [-0.25, -0.2) is 9.56 Å². The molecule has 0 aromatic heterocycles. The summed E-state index contributed by atoms with van der Waals surface area (Å²) in [4.78, 5) is 4.77. The van der Waals surface area contributed by atoms with Gasteiger partial charge < -0.3 is 14.2 Å². The highest BCUT2D eigenvalue weighted by atomic mass is 32.2. The molecule has 0 spiro atoms. The number of nitrogens with zero attached hydrogens (tertiary/aromatic N) is 3. The normalized spacial score (nSPS) is 13.5. The molecule has 0 fully saturated rings. The fraction of sp³-hybridized carbons (Fsp3) is 0.500. The zero-order valence-electron chi connectivity index (χ0n) is 20.3. The maximum absolute atomic E-state index is 11.2. The lowest BCUT2D eigenvalue weighted by molar-refractivity contribution is -0.870. The Hall–Kier alpha value is -2.49. The van der Waals surface area contributed by atoms with Crippen LogP contribution in [0.25, 0.3) is 22.6 Å². The van der Waals surface area contributed by atoms with Crippen LogP contribution in [-0.2, 0) is 10.1 Å². The summed E-state index contributed by atoms with van der Waals surface area (Å²) in [5.41, 5.74) is 4.43. The lowest BCUT2D eigenvalue weighted by Crippen LogP contribution is -2.39. The molecule has 0 amide bonds. The standard InChI is InChI=1S/C24H34N4O4S/c1-6-25-21-17-24-22(15-18(21)2)26-20-10-9-19(16-23(20)32-24)27(11-7-13-28(3,4)5)12-8-14-33(29,30)31/h9-10,15-17H,6-8,11-14H2,1-5H3/p+2. The minimum atomic E-state index is -3.98. The van der Waals surface area contributed by atoms with Crippen molar-refractivity contribution in [3.05, 3.63) is 41.3 Å². The Morgan fingerprint density at radius 3 is 2.52 bits per heavy atom. The average Bonchev–Trinajstić information content (AvgIpc) is 2.70. The maximum Gasteiger partial charge on any atom is 0.265 e. The first-order chi connectivity index (χ1) is 15.4. The Bertz CT molecular complexity index is 1260. The Kier molecular flexibility index (Phi) is 7.76. The molecule has 1 aliphatic heterocycles. The largest absolute Gasteiger partial charge is 0.452 e. The molecule has 180 valence electrons. The molecule has 0 saturated carbocycles. The number of fused-ring (bicyclic) bond motifs is 2. The molecule has 3 rings (SSSR count). The highest BCUT2D eigenvalue weighted by Gasteiger charge is 2.16. The van der Waals surface area contributed by atoms with Crippen molar-refractivity contribution in [2.75, 3.05) is 58.4 Å². The summed E-state index contributed by atoms with van der Waals surface area (Å²) in [7, 11) is 2.47. The third-order valence-electron chi connectivity index (χ3n) is 5.53. The van der Waals surface area contributed by atoms with Crippen LogP contribution in [0.1, 0.15) is 25.3 Å². The van der Waals surface area contributed by atoms with Crippen LogP contribution in [0.15, 0.2) is 34.7 Å². The number of rotatable bonds is 10. The quantitative estimate of drug-likeness (QED) is 0.202. The first-order valence-electron chi connectivity index (χ1n) is 11.4. The van der Waals surface area contributed by atoms with E-state index < -0.39 is 10.1 Å². The molecule has 0 atom stereocenters. The lowest BCUT2D eigenvalue weighted by Gasteiger charge is -2.23. The first kappa shape index (κ1) is 25.1. The smallest absolute Gasteiger partial charge is 0.265 e. The lowest BCUT2D eigenvalue weighted by atomic mass is 10.1. The Labute approximate surface area is 196 Å². The van der Waals surface area contributed by atoms with Crippen molar-refractivity contribution in [2.24, 2.45) is 0 Å². The van der Waals surface area contributed by atoms with Gasteiger partial charge in [-0.05, 0) is 31.5 Å². The second-order valence-corrected chi connectivity index (χ2v) is 11.1. The Morgan fingerprint density at radius 2 is 1.85 bits per heavy atom. The molecule has 0 bridgehead atoms. The minimum Gasteiger partial charge on any atom is -0.452 e. The molecule has 1 aromatic carbocycles. The summed E-state index contributed by atoms with van der Waals surface area (Å²) in [5.74, 6) is 0.424. The van der Waals surface area contributed by atoms with Gasteiger partial charge in [0.15, 0.2) is 11.3 Å². The second-order valence-electron chi connectivity index (χ2n) is 9.53. The highest BCUT2D eigenvalue weighted by Crippen LogP contribution is 2.27. The van der Waals surface area contributed by atoms with Gasteiger partial charge in [0.2, 0.25) is 5.36 Å². The van der Waals surface area contributed by atoms with E-state index in [1.807, 2.05) is 37.3 Å². The third kappa shape index (κ3) is 7.25. The number of hydrogen-bond donors (Lipinski definition) is 2. The van der Waals surface area contributed by atoms with Gasteiger partial charge in [0.1, 0.15) is 24.3 Å². The van der Waals surface area contributed by atoms with E-state index in [0.717, 1.165) is 58.4 Å². The molecular formula is C24H36N4O4S+2. The number of aryl methyl sites for hydroxylation is 1. The monoisotopic (exact) mass is 476 g/mol. The van der Waals surface area contributed by atoms with Crippen molar-refractivity contribution in [1.82, 2.24) is 9.56 Å². The van der Waals surface area contributed by atoms with Crippen LogP contribution in [0.4, 0.5) is 5.69 Å². The molecule has 8 nitrogen and oxygen atoms in total. The fourth-order valence-corrected chi connectivity index (χ4v) is 4.38. The van der Waals surface area contributed by atoms with Crippen molar-refractivity contribution in [3.63, 3.8) is 0 Å². The third-order valence-corrected chi connectivity index (χ3v) is 6.33. The molecule has 1 aliphatic carbocycles. The van der Waals surface area contributed by atoms with Crippen LogP contribution in [0, 0.1) is 6.92 Å². The molecule has 1 heterocycles. The van der Waals surface area contributed by atoms with Gasteiger partial charge in [-0.1, -0.05) is 0 Å². The number of nitrogens with one attached hydrogen (secondary N) is 1. The van der Waals surface area contributed by atoms with E-state index in [2.05, 4.69) is 38.0 Å². The fourth-order valence-electron chi connectivity index (χ4n) is 3.89. The van der Waals surface area contributed by atoms with Crippen molar-refractivity contribution in [3.8, 4) is 11.5 Å². The summed E-state index contributed by atoms with van der Waals surface area (Å²) in [5, 5.41) is 4.30. The molecule has 0 unspecified atom stereocenters. The van der Waals surface area contributed by atoms with Gasteiger partial charge in [-0.3, -0.25) is 4.55 Å². The van der Waals surface area contributed by atoms with E-state index in [4.69, 9.17) is 14.0 Å². The number of anilines is 1. The SMILES string of the molecule is CCNc1cc2oc3cc(=[N+](CCC[N+](C)(C)C)CCCS(=O)(=O)O)ccc-3nc2cc1C. The number of aromatic nitrogens is 1. The summed E-state index contributed by atoms with van der Waals surface area (Å²) >= 11 is 0. The van der Waals surface area contributed by atoms with E-state index in [1.54, 1.807) is 0 Å². The molecule has 1 aromatic rings. The molecule has 2 N–H and O–H groups in total. The number of hydrogen-bond acceptors (Lipinski definition) is 5. The van der Waals surface area contributed by atoms with Crippen LogP contribution in [0.5, 0.6) is 0 Å². The molecule has 33 heavy (non-hydrogen) atoms. The zero-order valence-corrected chi connectivity index (χ0v) is 21.1. The minimum absolute atomic E-state index is 0.254. The van der Waals surface area contributed by atoms with Crippen LogP contribution in [0.2, 0.25) is 0 Å². The van der Waals surface area contributed by atoms with E-state index in [9.17, 15) is 8.42 Å². The van der Waals surface area contributed by atoms with E-state index in [1.165, 1.54) is 0 Å². The van der Waals surface area contributed by atoms with Crippen LogP contribution in [-0.4, -0.2) is 75.5 Å². The summed E-state index contributed by atoms with van der Waals surface area (Å²) < 4.78 is 40.8. The van der Waals surface area contributed by atoms with Gasteiger partial charge in [-0.15, -0.1) is 0 Å². The topological polar surface area (TPSA) is 95.4 Å². The Morgan fingerprint density at radius 1 is 1.12 bits per heavy atom. The van der Waals surface area contributed by atoms with Crippen LogP contribution >= 0.6 is 0 Å². The van der Waals surface area contributed by atoms with Crippen molar-refractivity contribution in [2.45, 2.75) is 26.7 Å². The molecule has 2 aliphatic rings. The van der Waals surface area contributed by atoms with Crippen molar-refractivity contribution < 1.29 is 21.9 Å². The highest BCUT2D eigenvalue weighted by molar-refractivity contribution is 7.85. The zero-order chi connectivity index (χ0) is 24.2. The van der Waals surface area contributed by atoms with Crippen LogP contribution < -0.4 is 15.2 Å². The predicted molar refractivity (Wildman–Crippen MR) is 133 cm³/mol. The van der Waals surface area contributed by atoms with Gasteiger partial charge in [0.05, 0.1) is 45.9 Å². The van der Waals surface area contributed by atoms with Crippen molar-refractivity contribution >= 4 is 26.9 Å². The summed E-state index contributed by atoms with van der Waals surface area (Å²) in [6.45, 7) is 7.22. The van der Waals surface area contributed by atoms with Gasteiger partial charge in [-0.2, -0.15) is 8.42 Å². The summed E-state index contributed by atoms with van der Waals surface area (Å²) in [6.07, 6.45) is 1.30. The first-order valence-corrected chi connectivity index (χ1v) is 13.0. The van der Waals surface area contributed by atoms with Gasteiger partial charge in [0, 0.05) is 30.8 Å². The van der Waals surface area contributed by atoms with Gasteiger partial charge in [0.25, 0.3) is 10.1 Å². The van der Waals surface area contributed by atoms with Crippen LogP contribution in [0.3, 0.4) is 0 Å². The number of quaternary nitrogens is 1. The molecule has 0 saturated heterocycles. The second kappa shape index (κ2) is 10.2. The van der Waals surface area contributed by atoms with E-state index in [0.29, 0.717) is 24.3 Å². The maximum atomic E-state index is 11.2. The van der Waals surface area contributed by atoms with Gasteiger partial charge >= 0.3 is 0 Å². The summed E-state index contributed by atoms with van der Waals surface area (Å²) in [6, 6.07) is 9.91. The van der Waals surface area contributed by atoms with E-state index in [-0.39, 0.29) is 5.75 Å². The molecule has 9 heteroatoms. The average molecular weight is 477 g/mol. The molecular weight excluding hydrogens is 440 g/mol. The predicted octanol–water partition coefficient (Wildman–Crippen LogP) is 2.82. The van der Waals surface area contributed by atoms with Crippen molar-refractivity contribution in [1.29, 1.82) is 0 Å². The Balaban J connectivity index is 2.02. The molecule has 0 radical (unpaired) electrons. The van der Waals surface area contributed by atoms with E-state index >= 15 is 0 Å². The number of benzene rings is 2.